The molecule has 1 aromatic carbocycles. The van der Waals surface area contributed by atoms with E-state index in [2.05, 4.69) is 24.4 Å². The SMILES string of the molecule is C[C@@H]1CCC[C@@H](C)C1=NNC(=O)COc1cccc(F)c1. The summed E-state index contributed by atoms with van der Waals surface area (Å²) in [5.41, 5.74) is 3.57. The molecule has 5 heteroatoms. The van der Waals surface area contributed by atoms with Crippen LogP contribution in [0.3, 0.4) is 0 Å². The largest absolute Gasteiger partial charge is 0.484 e. The van der Waals surface area contributed by atoms with Crippen molar-refractivity contribution in [2.24, 2.45) is 16.9 Å². The minimum atomic E-state index is -0.391. The third-order valence-corrected chi connectivity index (χ3v) is 3.76. The highest BCUT2D eigenvalue weighted by Crippen LogP contribution is 2.25. The number of hydrazone groups is 1. The van der Waals surface area contributed by atoms with Gasteiger partial charge in [0, 0.05) is 11.8 Å². The molecular formula is C16H21FN2O2. The molecule has 0 spiro atoms. The predicted octanol–water partition coefficient (Wildman–Crippen LogP) is 3.13. The van der Waals surface area contributed by atoms with E-state index in [1.165, 1.54) is 24.6 Å². The van der Waals surface area contributed by atoms with Crippen molar-refractivity contribution in [2.45, 2.75) is 33.1 Å². The average Bonchev–Trinajstić information content (AvgIpc) is 2.45. The van der Waals surface area contributed by atoms with Crippen molar-refractivity contribution in [1.29, 1.82) is 0 Å². The average molecular weight is 292 g/mol. The molecule has 1 fully saturated rings. The molecule has 114 valence electrons. The van der Waals surface area contributed by atoms with Gasteiger partial charge in [-0.2, -0.15) is 5.10 Å². The number of nitrogens with one attached hydrogen (secondary N) is 1. The van der Waals surface area contributed by atoms with Crippen LogP contribution in [-0.4, -0.2) is 18.2 Å². The third kappa shape index (κ3) is 4.55. The van der Waals surface area contributed by atoms with Crippen LogP contribution in [0, 0.1) is 17.7 Å². The second kappa shape index (κ2) is 7.20. The Balaban J connectivity index is 1.84. The number of rotatable bonds is 4. The molecule has 0 aromatic heterocycles. The molecule has 21 heavy (non-hydrogen) atoms. The molecule has 1 aliphatic rings. The van der Waals surface area contributed by atoms with Crippen LogP contribution in [0.25, 0.3) is 0 Å². The number of carbonyl (C=O) groups excluding carboxylic acids is 1. The van der Waals surface area contributed by atoms with E-state index in [1.54, 1.807) is 6.07 Å². The molecule has 0 aliphatic heterocycles. The number of halogens is 1. The van der Waals surface area contributed by atoms with Crippen molar-refractivity contribution in [2.75, 3.05) is 6.61 Å². The maximum Gasteiger partial charge on any atom is 0.277 e. The van der Waals surface area contributed by atoms with E-state index in [1.807, 2.05) is 0 Å². The third-order valence-electron chi connectivity index (χ3n) is 3.76. The first-order valence-corrected chi connectivity index (χ1v) is 7.31. The zero-order valence-corrected chi connectivity index (χ0v) is 12.4. The summed E-state index contributed by atoms with van der Waals surface area (Å²) >= 11 is 0. The van der Waals surface area contributed by atoms with E-state index in [-0.39, 0.29) is 12.5 Å². The van der Waals surface area contributed by atoms with Gasteiger partial charge in [0.1, 0.15) is 11.6 Å². The molecule has 2 atom stereocenters. The second-order valence-corrected chi connectivity index (χ2v) is 5.55. The standard InChI is InChI=1S/C16H21FN2O2/c1-11-5-3-6-12(2)16(11)19-18-15(20)10-21-14-8-4-7-13(17)9-14/h4,7-9,11-12H,3,5-6,10H2,1-2H3,(H,18,20)/t11-,12-/m1/s1. The van der Waals surface area contributed by atoms with E-state index in [0.717, 1.165) is 18.6 Å². The highest BCUT2D eigenvalue weighted by Gasteiger charge is 2.23. The Morgan fingerprint density at radius 3 is 2.76 bits per heavy atom. The fourth-order valence-corrected chi connectivity index (χ4v) is 2.60. The van der Waals surface area contributed by atoms with Gasteiger partial charge in [-0.15, -0.1) is 0 Å². The van der Waals surface area contributed by atoms with Gasteiger partial charge in [-0.1, -0.05) is 26.3 Å². The second-order valence-electron chi connectivity index (χ2n) is 5.55. The Hall–Kier alpha value is -1.91. The lowest BCUT2D eigenvalue weighted by molar-refractivity contribution is -0.123. The van der Waals surface area contributed by atoms with E-state index in [0.29, 0.717) is 17.6 Å². The van der Waals surface area contributed by atoms with Crippen LogP contribution in [0.1, 0.15) is 33.1 Å². The zero-order valence-electron chi connectivity index (χ0n) is 12.4. The summed E-state index contributed by atoms with van der Waals surface area (Å²) in [6.07, 6.45) is 3.43. The first-order chi connectivity index (χ1) is 10.1. The Morgan fingerprint density at radius 2 is 2.10 bits per heavy atom. The first-order valence-electron chi connectivity index (χ1n) is 7.31. The number of hydrogen-bond acceptors (Lipinski definition) is 3. The molecule has 0 radical (unpaired) electrons. The fraction of sp³-hybridized carbons (Fsp3) is 0.500. The molecule has 0 saturated heterocycles. The zero-order chi connectivity index (χ0) is 15.2. The molecule has 4 nitrogen and oxygen atoms in total. The lowest BCUT2D eigenvalue weighted by atomic mass is 9.81. The molecule has 2 rings (SSSR count). The molecule has 0 unspecified atom stereocenters. The highest BCUT2D eigenvalue weighted by molar-refractivity contribution is 5.90. The van der Waals surface area contributed by atoms with Crippen molar-refractivity contribution in [3.8, 4) is 5.75 Å². The summed E-state index contributed by atoms with van der Waals surface area (Å²) in [4.78, 5) is 11.7. The van der Waals surface area contributed by atoms with Crippen LogP contribution < -0.4 is 10.2 Å². The molecule has 1 N–H and O–H groups in total. The van der Waals surface area contributed by atoms with E-state index in [4.69, 9.17) is 4.74 Å². The van der Waals surface area contributed by atoms with Crippen molar-refractivity contribution >= 4 is 11.6 Å². The first kappa shape index (κ1) is 15.5. The monoisotopic (exact) mass is 292 g/mol. The van der Waals surface area contributed by atoms with Gasteiger partial charge in [-0.25, -0.2) is 9.82 Å². The lowest BCUT2D eigenvalue weighted by Gasteiger charge is -2.26. The molecule has 1 aliphatic carbocycles. The van der Waals surface area contributed by atoms with Crippen LogP contribution in [-0.2, 0) is 4.79 Å². The van der Waals surface area contributed by atoms with E-state index < -0.39 is 5.82 Å². The quantitative estimate of drug-likeness (QED) is 0.867. The fourth-order valence-electron chi connectivity index (χ4n) is 2.60. The minimum absolute atomic E-state index is 0.178. The van der Waals surface area contributed by atoms with Crippen LogP contribution in [0.4, 0.5) is 4.39 Å². The Morgan fingerprint density at radius 1 is 1.38 bits per heavy atom. The smallest absolute Gasteiger partial charge is 0.277 e. The van der Waals surface area contributed by atoms with Gasteiger partial charge in [-0.05, 0) is 36.8 Å². The Kier molecular flexibility index (Phi) is 5.31. The van der Waals surface area contributed by atoms with Crippen LogP contribution in [0.2, 0.25) is 0 Å². The van der Waals surface area contributed by atoms with Gasteiger partial charge in [0.2, 0.25) is 0 Å². The normalized spacial score (nSPS) is 21.8. The summed E-state index contributed by atoms with van der Waals surface area (Å²) in [6.45, 7) is 4.08. The topological polar surface area (TPSA) is 50.7 Å². The van der Waals surface area contributed by atoms with Crippen LogP contribution in [0.15, 0.2) is 29.4 Å². The van der Waals surface area contributed by atoms with Crippen molar-refractivity contribution in [3.05, 3.63) is 30.1 Å². The number of ether oxygens (including phenoxy) is 1. The number of benzene rings is 1. The number of carbonyl (C=O) groups is 1. The van der Waals surface area contributed by atoms with Crippen molar-refractivity contribution in [1.82, 2.24) is 5.43 Å². The lowest BCUT2D eigenvalue weighted by Crippen LogP contribution is -2.31. The summed E-state index contributed by atoms with van der Waals surface area (Å²) in [5.74, 6) is 0.406. The van der Waals surface area contributed by atoms with Crippen molar-refractivity contribution < 1.29 is 13.9 Å². The van der Waals surface area contributed by atoms with Crippen molar-refractivity contribution in [3.63, 3.8) is 0 Å². The molecular weight excluding hydrogens is 271 g/mol. The van der Waals surface area contributed by atoms with Gasteiger partial charge in [0.25, 0.3) is 5.91 Å². The highest BCUT2D eigenvalue weighted by atomic mass is 19.1. The number of hydrogen-bond donors (Lipinski definition) is 1. The summed E-state index contributed by atoms with van der Waals surface area (Å²) < 4.78 is 18.2. The number of nitrogens with zero attached hydrogens (tertiary/aromatic N) is 1. The van der Waals surface area contributed by atoms with Gasteiger partial charge in [0.05, 0.1) is 0 Å². The van der Waals surface area contributed by atoms with Crippen LogP contribution >= 0.6 is 0 Å². The van der Waals surface area contributed by atoms with Gasteiger partial charge < -0.3 is 4.74 Å². The summed E-state index contributed by atoms with van der Waals surface area (Å²) in [6, 6.07) is 5.71. The van der Waals surface area contributed by atoms with E-state index >= 15 is 0 Å². The van der Waals surface area contributed by atoms with Gasteiger partial charge in [0.15, 0.2) is 6.61 Å². The Bertz CT molecular complexity index is 519. The summed E-state index contributed by atoms with van der Waals surface area (Å²) in [5, 5.41) is 4.24. The molecule has 1 aromatic rings. The maximum absolute atomic E-state index is 13.0. The van der Waals surface area contributed by atoms with Gasteiger partial charge in [-0.3, -0.25) is 4.79 Å². The molecule has 1 amide bonds. The molecule has 1 saturated carbocycles. The summed E-state index contributed by atoms with van der Waals surface area (Å²) in [7, 11) is 0. The molecule has 0 bridgehead atoms. The molecule has 0 heterocycles. The number of amides is 1. The maximum atomic E-state index is 13.0. The Labute approximate surface area is 124 Å². The van der Waals surface area contributed by atoms with Gasteiger partial charge >= 0.3 is 0 Å². The van der Waals surface area contributed by atoms with E-state index in [9.17, 15) is 9.18 Å². The predicted molar refractivity (Wildman–Crippen MR) is 79.7 cm³/mol. The minimum Gasteiger partial charge on any atom is -0.484 e. The van der Waals surface area contributed by atoms with Crippen LogP contribution in [0.5, 0.6) is 5.75 Å².